The van der Waals surface area contributed by atoms with Crippen molar-refractivity contribution in [2.75, 3.05) is 20.6 Å². The topological polar surface area (TPSA) is 58.4 Å². The lowest BCUT2D eigenvalue weighted by Crippen LogP contribution is -2.58. The highest BCUT2D eigenvalue weighted by molar-refractivity contribution is 5.86. The summed E-state index contributed by atoms with van der Waals surface area (Å²) in [5.41, 5.74) is 5.68. The number of rotatable bonds is 6. The minimum atomic E-state index is -0.847. The van der Waals surface area contributed by atoms with Gasteiger partial charge >= 0.3 is 0 Å². The van der Waals surface area contributed by atoms with Gasteiger partial charge in [-0.3, -0.25) is 4.79 Å². The quantitative estimate of drug-likeness (QED) is 0.788. The van der Waals surface area contributed by atoms with Gasteiger partial charge in [-0.1, -0.05) is 30.3 Å². The Hall–Kier alpha value is -1.39. The average Bonchev–Trinajstić information content (AvgIpc) is 2.36. The van der Waals surface area contributed by atoms with Crippen molar-refractivity contribution in [1.29, 1.82) is 0 Å². The van der Waals surface area contributed by atoms with E-state index in [0.717, 1.165) is 5.56 Å². The Kier molecular flexibility index (Phi) is 4.87. The highest BCUT2D eigenvalue weighted by atomic mass is 16.1. The monoisotopic (exact) mass is 249 g/mol. The molecule has 0 saturated carbocycles. The fourth-order valence-corrected chi connectivity index (χ4v) is 1.94. The molecule has 0 saturated heterocycles. The minimum Gasteiger partial charge on any atom is -0.368 e. The number of carbonyl (C=O) groups is 1. The summed E-state index contributed by atoms with van der Waals surface area (Å²) in [5.74, 6) is -0.358. The van der Waals surface area contributed by atoms with Gasteiger partial charge in [-0.05, 0) is 33.5 Å². The molecule has 0 heterocycles. The number of nitrogens with one attached hydrogen (secondary N) is 1. The van der Waals surface area contributed by atoms with Crippen LogP contribution in [0.1, 0.15) is 19.4 Å². The lowest BCUT2D eigenvalue weighted by atomic mass is 9.88. The third-order valence-corrected chi connectivity index (χ3v) is 3.48. The van der Waals surface area contributed by atoms with Crippen molar-refractivity contribution in [3.8, 4) is 0 Å². The lowest BCUT2D eigenvalue weighted by Gasteiger charge is -2.36. The zero-order valence-electron chi connectivity index (χ0n) is 11.6. The minimum absolute atomic E-state index is 0.348. The summed E-state index contributed by atoms with van der Waals surface area (Å²) in [4.78, 5) is 14.0. The van der Waals surface area contributed by atoms with Gasteiger partial charge in [-0.25, -0.2) is 0 Å². The van der Waals surface area contributed by atoms with Gasteiger partial charge in [0.15, 0.2) is 0 Å². The third-order valence-electron chi connectivity index (χ3n) is 3.48. The molecule has 0 radical (unpaired) electrons. The van der Waals surface area contributed by atoms with E-state index in [1.807, 2.05) is 37.4 Å². The molecule has 0 aliphatic carbocycles. The molecule has 0 aliphatic heterocycles. The third kappa shape index (κ3) is 2.89. The molecular weight excluding hydrogens is 226 g/mol. The molecule has 0 aliphatic rings. The van der Waals surface area contributed by atoms with Crippen LogP contribution in [0.2, 0.25) is 0 Å². The standard InChI is InChI=1S/C14H23N3O/c1-11(2)17(4)10-14(16-3,13(15)18)12-8-6-5-7-9-12/h5-9,11,16H,10H2,1-4H3,(H2,15,18). The van der Waals surface area contributed by atoms with Crippen LogP contribution in [0.5, 0.6) is 0 Å². The van der Waals surface area contributed by atoms with Crippen LogP contribution < -0.4 is 11.1 Å². The van der Waals surface area contributed by atoms with Crippen LogP contribution in [-0.2, 0) is 10.3 Å². The molecule has 0 spiro atoms. The van der Waals surface area contributed by atoms with Crippen LogP contribution in [0.4, 0.5) is 0 Å². The lowest BCUT2D eigenvalue weighted by molar-refractivity contribution is -0.125. The molecule has 100 valence electrons. The summed E-state index contributed by atoms with van der Waals surface area (Å²) in [6.45, 7) is 4.72. The zero-order chi connectivity index (χ0) is 13.8. The molecule has 18 heavy (non-hydrogen) atoms. The van der Waals surface area contributed by atoms with Crippen LogP contribution >= 0.6 is 0 Å². The number of primary amides is 1. The molecule has 3 N–H and O–H groups in total. The predicted molar refractivity (Wildman–Crippen MR) is 74.1 cm³/mol. The maximum atomic E-state index is 11.9. The number of hydrogen-bond acceptors (Lipinski definition) is 3. The number of amides is 1. The summed E-state index contributed by atoms with van der Waals surface area (Å²) in [5, 5.41) is 3.10. The van der Waals surface area contributed by atoms with Gasteiger partial charge in [0.25, 0.3) is 0 Å². The number of nitrogens with zero attached hydrogens (tertiary/aromatic N) is 1. The highest BCUT2D eigenvalue weighted by Crippen LogP contribution is 2.22. The molecule has 0 aromatic heterocycles. The van der Waals surface area contributed by atoms with Crippen molar-refractivity contribution in [3.63, 3.8) is 0 Å². The molecule has 0 fully saturated rings. The van der Waals surface area contributed by atoms with E-state index < -0.39 is 5.54 Å². The largest absolute Gasteiger partial charge is 0.368 e. The summed E-state index contributed by atoms with van der Waals surface area (Å²) in [6.07, 6.45) is 0. The molecule has 1 aromatic carbocycles. The first kappa shape index (κ1) is 14.7. The first-order valence-electron chi connectivity index (χ1n) is 6.18. The van der Waals surface area contributed by atoms with E-state index in [0.29, 0.717) is 12.6 Å². The van der Waals surface area contributed by atoms with Crippen LogP contribution in [0, 0.1) is 0 Å². The van der Waals surface area contributed by atoms with E-state index in [1.165, 1.54) is 0 Å². The Morgan fingerprint density at radius 3 is 2.33 bits per heavy atom. The number of benzene rings is 1. The Labute approximate surface area is 109 Å². The zero-order valence-corrected chi connectivity index (χ0v) is 11.6. The Bertz CT molecular complexity index is 391. The van der Waals surface area contributed by atoms with E-state index in [9.17, 15) is 4.79 Å². The normalized spacial score (nSPS) is 14.8. The molecule has 4 nitrogen and oxygen atoms in total. The molecule has 1 amide bonds. The van der Waals surface area contributed by atoms with E-state index in [2.05, 4.69) is 24.1 Å². The fourth-order valence-electron chi connectivity index (χ4n) is 1.94. The van der Waals surface area contributed by atoms with Crippen LogP contribution in [-0.4, -0.2) is 37.5 Å². The van der Waals surface area contributed by atoms with Gasteiger partial charge in [0, 0.05) is 12.6 Å². The SMILES string of the molecule is CNC(CN(C)C(C)C)(C(N)=O)c1ccccc1. The maximum absolute atomic E-state index is 11.9. The van der Waals surface area contributed by atoms with Gasteiger partial charge in [-0.15, -0.1) is 0 Å². The van der Waals surface area contributed by atoms with Crippen LogP contribution in [0.15, 0.2) is 30.3 Å². The van der Waals surface area contributed by atoms with E-state index in [-0.39, 0.29) is 5.91 Å². The Morgan fingerprint density at radius 2 is 1.94 bits per heavy atom. The summed E-state index contributed by atoms with van der Waals surface area (Å²) in [7, 11) is 3.76. The van der Waals surface area contributed by atoms with Crippen molar-refractivity contribution >= 4 is 5.91 Å². The van der Waals surface area contributed by atoms with Crippen molar-refractivity contribution in [3.05, 3.63) is 35.9 Å². The van der Waals surface area contributed by atoms with Gasteiger partial charge in [0.05, 0.1) is 0 Å². The summed E-state index contributed by atoms with van der Waals surface area (Å²) < 4.78 is 0. The molecule has 1 unspecified atom stereocenters. The molecule has 4 heteroatoms. The van der Waals surface area contributed by atoms with Crippen molar-refractivity contribution in [1.82, 2.24) is 10.2 Å². The van der Waals surface area contributed by atoms with E-state index in [4.69, 9.17) is 5.73 Å². The maximum Gasteiger partial charge on any atom is 0.243 e. The molecule has 1 rings (SSSR count). The Balaban J connectivity index is 3.14. The van der Waals surface area contributed by atoms with Gasteiger partial charge < -0.3 is 16.0 Å². The molecule has 1 aromatic rings. The number of carbonyl (C=O) groups excluding carboxylic acids is 1. The van der Waals surface area contributed by atoms with E-state index >= 15 is 0 Å². The van der Waals surface area contributed by atoms with Gasteiger partial charge in [0.1, 0.15) is 5.54 Å². The Morgan fingerprint density at radius 1 is 1.39 bits per heavy atom. The molecule has 0 bridgehead atoms. The first-order chi connectivity index (χ1) is 8.44. The van der Waals surface area contributed by atoms with Crippen molar-refractivity contribution < 1.29 is 4.79 Å². The smallest absolute Gasteiger partial charge is 0.243 e. The van der Waals surface area contributed by atoms with Gasteiger partial charge in [0.2, 0.25) is 5.91 Å². The van der Waals surface area contributed by atoms with Crippen molar-refractivity contribution in [2.24, 2.45) is 5.73 Å². The number of likely N-dealkylation sites (N-methyl/N-ethyl adjacent to an activating group) is 2. The first-order valence-corrected chi connectivity index (χ1v) is 6.18. The van der Waals surface area contributed by atoms with E-state index in [1.54, 1.807) is 7.05 Å². The van der Waals surface area contributed by atoms with Crippen LogP contribution in [0.25, 0.3) is 0 Å². The summed E-state index contributed by atoms with van der Waals surface area (Å²) >= 11 is 0. The highest BCUT2D eigenvalue weighted by Gasteiger charge is 2.38. The molecular formula is C14H23N3O. The second-order valence-corrected chi connectivity index (χ2v) is 4.89. The van der Waals surface area contributed by atoms with Crippen molar-refractivity contribution in [2.45, 2.75) is 25.4 Å². The number of hydrogen-bond donors (Lipinski definition) is 2. The predicted octanol–water partition coefficient (Wildman–Crippen LogP) is 0.927. The number of nitrogens with two attached hydrogens (primary N) is 1. The second kappa shape index (κ2) is 5.98. The fraction of sp³-hybridized carbons (Fsp3) is 0.500. The summed E-state index contributed by atoms with van der Waals surface area (Å²) in [6, 6.07) is 9.96. The second-order valence-electron chi connectivity index (χ2n) is 4.89. The molecule has 1 atom stereocenters. The average molecular weight is 249 g/mol. The van der Waals surface area contributed by atoms with Gasteiger partial charge in [-0.2, -0.15) is 0 Å². The van der Waals surface area contributed by atoms with Crippen LogP contribution in [0.3, 0.4) is 0 Å².